The first-order valence-electron chi connectivity index (χ1n) is 13.1. The SMILES string of the molecule is CCc1cc(-c2noc(-c3cc(CN(C)CC)cc(C(C)C)c3)n2)cc(C)c1OC[C@@H](O)CC(O)C(N)=O. The predicted molar refractivity (Wildman–Crippen MR) is 147 cm³/mol. The number of aliphatic hydroxyl groups excluding tert-OH is 2. The Morgan fingerprint density at radius 1 is 1.13 bits per heavy atom. The first kappa shape index (κ1) is 29.3. The molecule has 1 amide bonds. The fourth-order valence-corrected chi connectivity index (χ4v) is 4.21. The quantitative estimate of drug-likeness (QED) is 0.307. The number of aryl methyl sites for hydroxylation is 2. The second kappa shape index (κ2) is 13.0. The summed E-state index contributed by atoms with van der Waals surface area (Å²) in [6, 6.07) is 10.3. The monoisotopic (exact) mass is 524 g/mol. The molecule has 0 spiro atoms. The molecule has 0 aliphatic heterocycles. The molecular formula is C29H40N4O5. The van der Waals surface area contributed by atoms with E-state index < -0.39 is 18.1 Å². The van der Waals surface area contributed by atoms with Gasteiger partial charge in [-0.3, -0.25) is 4.79 Å². The van der Waals surface area contributed by atoms with Crippen molar-refractivity contribution in [3.63, 3.8) is 0 Å². The Labute approximate surface area is 224 Å². The highest BCUT2D eigenvalue weighted by molar-refractivity contribution is 5.78. The third kappa shape index (κ3) is 7.40. The molecule has 9 nitrogen and oxygen atoms in total. The molecule has 0 radical (unpaired) electrons. The number of primary amides is 1. The highest BCUT2D eigenvalue weighted by Crippen LogP contribution is 2.32. The smallest absolute Gasteiger partial charge is 0.258 e. The molecule has 1 unspecified atom stereocenters. The molecule has 38 heavy (non-hydrogen) atoms. The van der Waals surface area contributed by atoms with Crippen LogP contribution >= 0.6 is 0 Å². The molecule has 206 valence electrons. The van der Waals surface area contributed by atoms with Crippen LogP contribution in [-0.2, 0) is 17.8 Å². The lowest BCUT2D eigenvalue weighted by atomic mass is 9.97. The summed E-state index contributed by atoms with van der Waals surface area (Å²) >= 11 is 0. The number of ether oxygens (including phenoxy) is 1. The van der Waals surface area contributed by atoms with Crippen molar-refractivity contribution in [2.24, 2.45) is 5.73 Å². The summed E-state index contributed by atoms with van der Waals surface area (Å²) in [6.07, 6.45) is -1.96. The molecule has 2 atom stereocenters. The molecule has 0 saturated heterocycles. The van der Waals surface area contributed by atoms with E-state index in [4.69, 9.17) is 20.0 Å². The van der Waals surface area contributed by atoms with E-state index in [-0.39, 0.29) is 13.0 Å². The average molecular weight is 525 g/mol. The van der Waals surface area contributed by atoms with Gasteiger partial charge in [0.1, 0.15) is 18.5 Å². The number of carbonyl (C=O) groups excluding carboxylic acids is 1. The molecule has 3 rings (SSSR count). The number of nitrogens with zero attached hydrogens (tertiary/aromatic N) is 3. The van der Waals surface area contributed by atoms with Gasteiger partial charge in [0.15, 0.2) is 0 Å². The molecular weight excluding hydrogens is 484 g/mol. The predicted octanol–water partition coefficient (Wildman–Crippen LogP) is 3.83. The van der Waals surface area contributed by atoms with Gasteiger partial charge in [-0.1, -0.05) is 38.9 Å². The minimum Gasteiger partial charge on any atom is -0.490 e. The number of aliphatic hydroxyl groups is 2. The Balaban J connectivity index is 1.85. The van der Waals surface area contributed by atoms with E-state index in [1.807, 2.05) is 26.0 Å². The van der Waals surface area contributed by atoms with Gasteiger partial charge >= 0.3 is 0 Å². The van der Waals surface area contributed by atoms with Crippen LogP contribution in [0.1, 0.15) is 62.3 Å². The first-order valence-corrected chi connectivity index (χ1v) is 13.1. The van der Waals surface area contributed by atoms with E-state index in [1.165, 1.54) is 11.1 Å². The van der Waals surface area contributed by atoms with Crippen molar-refractivity contribution in [2.75, 3.05) is 20.2 Å². The maximum Gasteiger partial charge on any atom is 0.258 e. The minimum absolute atomic E-state index is 0.0777. The first-order chi connectivity index (χ1) is 18.0. The number of amides is 1. The van der Waals surface area contributed by atoms with Crippen LogP contribution in [0.25, 0.3) is 22.8 Å². The van der Waals surface area contributed by atoms with E-state index in [9.17, 15) is 15.0 Å². The molecule has 0 bridgehead atoms. The van der Waals surface area contributed by atoms with Gasteiger partial charge in [-0.15, -0.1) is 0 Å². The molecule has 0 fully saturated rings. The van der Waals surface area contributed by atoms with Gasteiger partial charge in [-0.25, -0.2) is 0 Å². The second-order valence-electron chi connectivity index (χ2n) is 10.1. The average Bonchev–Trinajstić information content (AvgIpc) is 3.37. The van der Waals surface area contributed by atoms with Gasteiger partial charge in [-0.05, 0) is 79.4 Å². The lowest BCUT2D eigenvalue weighted by Crippen LogP contribution is -2.33. The number of hydrogen-bond acceptors (Lipinski definition) is 8. The molecule has 1 aromatic heterocycles. The van der Waals surface area contributed by atoms with E-state index in [0.29, 0.717) is 29.8 Å². The Morgan fingerprint density at radius 3 is 2.50 bits per heavy atom. The van der Waals surface area contributed by atoms with Crippen molar-refractivity contribution in [1.82, 2.24) is 15.0 Å². The van der Waals surface area contributed by atoms with Gasteiger partial charge in [0.25, 0.3) is 5.89 Å². The normalized spacial score (nSPS) is 13.2. The molecule has 9 heteroatoms. The zero-order valence-corrected chi connectivity index (χ0v) is 23.2. The van der Waals surface area contributed by atoms with Gasteiger partial charge in [0, 0.05) is 24.1 Å². The van der Waals surface area contributed by atoms with Crippen LogP contribution in [0, 0.1) is 6.92 Å². The number of benzene rings is 2. The number of rotatable bonds is 13. The molecule has 3 aromatic rings. The fraction of sp³-hybridized carbons (Fsp3) is 0.483. The summed E-state index contributed by atoms with van der Waals surface area (Å²) < 4.78 is 11.6. The molecule has 2 aromatic carbocycles. The van der Waals surface area contributed by atoms with Crippen molar-refractivity contribution < 1.29 is 24.3 Å². The van der Waals surface area contributed by atoms with Crippen LogP contribution in [0.3, 0.4) is 0 Å². The van der Waals surface area contributed by atoms with E-state index >= 15 is 0 Å². The van der Waals surface area contributed by atoms with E-state index in [2.05, 4.69) is 56.1 Å². The maximum absolute atomic E-state index is 11.0. The van der Waals surface area contributed by atoms with E-state index in [1.54, 1.807) is 0 Å². The van der Waals surface area contributed by atoms with Crippen molar-refractivity contribution in [2.45, 2.75) is 72.1 Å². The van der Waals surface area contributed by atoms with Gasteiger partial charge < -0.3 is 30.1 Å². The summed E-state index contributed by atoms with van der Waals surface area (Å²) in [5.74, 6) is 1.08. The Bertz CT molecular complexity index is 1240. The van der Waals surface area contributed by atoms with Crippen LogP contribution in [0.4, 0.5) is 0 Å². The van der Waals surface area contributed by atoms with Crippen molar-refractivity contribution >= 4 is 5.91 Å². The van der Waals surface area contributed by atoms with Crippen molar-refractivity contribution in [1.29, 1.82) is 0 Å². The van der Waals surface area contributed by atoms with Gasteiger partial charge in [0.2, 0.25) is 11.7 Å². The third-order valence-electron chi connectivity index (χ3n) is 6.58. The minimum atomic E-state index is -1.42. The summed E-state index contributed by atoms with van der Waals surface area (Å²) in [5.41, 5.74) is 10.9. The molecule has 1 heterocycles. The van der Waals surface area contributed by atoms with Gasteiger partial charge in [0.05, 0.1) is 6.10 Å². The Kier molecular flexibility index (Phi) is 10.0. The number of aromatic nitrogens is 2. The molecule has 4 N–H and O–H groups in total. The van der Waals surface area contributed by atoms with E-state index in [0.717, 1.165) is 35.3 Å². The van der Waals surface area contributed by atoms with Crippen LogP contribution in [-0.4, -0.2) is 63.6 Å². The van der Waals surface area contributed by atoms with Crippen molar-refractivity contribution in [3.8, 4) is 28.6 Å². The summed E-state index contributed by atoms with van der Waals surface area (Å²) in [7, 11) is 2.10. The van der Waals surface area contributed by atoms with Crippen LogP contribution in [0.2, 0.25) is 0 Å². The van der Waals surface area contributed by atoms with Gasteiger partial charge in [-0.2, -0.15) is 4.98 Å². The Morgan fingerprint density at radius 2 is 1.87 bits per heavy atom. The zero-order valence-electron chi connectivity index (χ0n) is 23.2. The van der Waals surface area contributed by atoms with Crippen molar-refractivity contribution in [3.05, 3.63) is 52.6 Å². The van der Waals surface area contributed by atoms with Crippen LogP contribution in [0.5, 0.6) is 5.75 Å². The maximum atomic E-state index is 11.0. The summed E-state index contributed by atoms with van der Waals surface area (Å²) in [4.78, 5) is 18.0. The fourth-order valence-electron chi connectivity index (χ4n) is 4.21. The lowest BCUT2D eigenvalue weighted by Gasteiger charge is -2.18. The highest BCUT2D eigenvalue weighted by Gasteiger charge is 2.20. The summed E-state index contributed by atoms with van der Waals surface area (Å²) in [6.45, 7) is 12.1. The largest absolute Gasteiger partial charge is 0.490 e. The zero-order chi connectivity index (χ0) is 28.0. The van der Waals surface area contributed by atoms with Crippen LogP contribution < -0.4 is 10.5 Å². The molecule has 0 saturated carbocycles. The number of nitrogens with two attached hydrogens (primary N) is 1. The highest BCUT2D eigenvalue weighted by atomic mass is 16.5. The van der Waals surface area contributed by atoms with Crippen LogP contribution in [0.15, 0.2) is 34.9 Å². The summed E-state index contributed by atoms with van der Waals surface area (Å²) in [5, 5.41) is 24.0. The second-order valence-corrected chi connectivity index (χ2v) is 10.1. The molecule has 0 aliphatic rings. The number of carbonyl (C=O) groups is 1. The third-order valence-corrected chi connectivity index (χ3v) is 6.58. The molecule has 0 aliphatic carbocycles. The standard InChI is InChI=1S/C29H40N4O5/c1-7-20-12-22(9-18(5)26(20)37-16-24(34)14-25(35)27(30)36)28-31-29(38-32-28)23-11-19(15-33(6)8-2)10-21(13-23)17(3)4/h9-13,17,24-25,34-35H,7-8,14-16H2,1-6H3,(H2,30,36)/t24-,25?/m0/s1. The lowest BCUT2D eigenvalue weighted by molar-refractivity contribution is -0.127. The topological polar surface area (TPSA) is 135 Å². The number of hydrogen-bond donors (Lipinski definition) is 3. The Hall–Kier alpha value is -3.27.